The molecule has 0 aromatic heterocycles. The fourth-order valence-electron chi connectivity index (χ4n) is 2.42. The van der Waals surface area contributed by atoms with Gasteiger partial charge in [0.25, 0.3) is 0 Å². The number of rotatable bonds is 8. The maximum Gasteiger partial charge on any atom is 0.194 e. The number of aryl methyl sites for hydroxylation is 1. The fourth-order valence-corrected chi connectivity index (χ4v) is 4.12. The zero-order valence-corrected chi connectivity index (χ0v) is 14.0. The lowest BCUT2D eigenvalue weighted by molar-refractivity contribution is 0.484. The van der Waals surface area contributed by atoms with E-state index in [1.807, 2.05) is 19.9 Å². The number of hydrogen-bond acceptors (Lipinski definition) is 3. The molecule has 0 bridgehead atoms. The van der Waals surface area contributed by atoms with E-state index in [1.54, 1.807) is 24.3 Å². The minimum Gasteiger partial charge on any atom is -0.222 e. The molecule has 2 atom stereocenters. The van der Waals surface area contributed by atoms with Crippen molar-refractivity contribution in [2.45, 2.75) is 63.0 Å². The van der Waals surface area contributed by atoms with Gasteiger partial charge in [-0.1, -0.05) is 57.2 Å². The van der Waals surface area contributed by atoms with Gasteiger partial charge in [-0.25, -0.2) is 8.42 Å². The van der Waals surface area contributed by atoms with Gasteiger partial charge in [0.1, 0.15) is 0 Å². The Morgan fingerprint density at radius 2 is 1.76 bits per heavy atom. The van der Waals surface area contributed by atoms with Gasteiger partial charge >= 0.3 is 0 Å². The number of sulfone groups is 1. The topological polar surface area (TPSA) is 57.9 Å². The van der Waals surface area contributed by atoms with Crippen LogP contribution in [-0.2, 0) is 9.84 Å². The highest BCUT2D eigenvalue weighted by atomic mass is 32.2. The molecule has 0 radical (unpaired) electrons. The lowest BCUT2D eigenvalue weighted by Gasteiger charge is -2.18. The second kappa shape index (κ2) is 8.19. The summed E-state index contributed by atoms with van der Waals surface area (Å²) >= 11 is 0. The number of nitrogens with zero attached hydrogens (tertiary/aromatic N) is 1. The van der Waals surface area contributed by atoms with E-state index in [0.717, 1.165) is 37.7 Å². The molecule has 21 heavy (non-hydrogen) atoms. The molecule has 0 amide bonds. The van der Waals surface area contributed by atoms with Crippen LogP contribution in [0.4, 0.5) is 0 Å². The van der Waals surface area contributed by atoms with Crippen molar-refractivity contribution in [3.05, 3.63) is 29.8 Å². The molecule has 0 N–H and O–H groups in total. The standard InChI is InChI=1S/C17H25NO2S/c1-4-5-6-7-8-15(3)17(13-18)21(19,20)16-11-9-14(2)10-12-16/h9-12,15,17H,4-8H2,1-3H3/t15-,17?/m1/s1. The first-order chi connectivity index (χ1) is 9.93. The molecule has 3 nitrogen and oxygen atoms in total. The van der Waals surface area contributed by atoms with Crippen molar-refractivity contribution in [2.75, 3.05) is 0 Å². The molecule has 0 saturated heterocycles. The summed E-state index contributed by atoms with van der Waals surface area (Å²) in [4.78, 5) is 0.250. The van der Waals surface area contributed by atoms with Crippen molar-refractivity contribution in [2.24, 2.45) is 5.92 Å². The van der Waals surface area contributed by atoms with Crippen LogP contribution in [-0.4, -0.2) is 13.7 Å². The summed E-state index contributed by atoms with van der Waals surface area (Å²) in [5, 5.41) is 8.36. The molecule has 1 aromatic carbocycles. The van der Waals surface area contributed by atoms with Gasteiger partial charge in [0.05, 0.1) is 11.0 Å². The molecule has 4 heteroatoms. The smallest absolute Gasteiger partial charge is 0.194 e. The zero-order chi connectivity index (χ0) is 15.9. The monoisotopic (exact) mass is 307 g/mol. The van der Waals surface area contributed by atoms with Crippen molar-refractivity contribution >= 4 is 9.84 Å². The third kappa shape index (κ3) is 4.86. The summed E-state index contributed by atoms with van der Waals surface area (Å²) in [6, 6.07) is 8.74. The van der Waals surface area contributed by atoms with E-state index in [4.69, 9.17) is 0 Å². The number of hydrogen-bond donors (Lipinski definition) is 0. The van der Waals surface area contributed by atoms with Crippen LogP contribution in [0.3, 0.4) is 0 Å². The van der Waals surface area contributed by atoms with Crippen LogP contribution in [0.1, 0.15) is 51.5 Å². The molecule has 116 valence electrons. The Labute approximate surface area is 128 Å². The van der Waals surface area contributed by atoms with E-state index in [1.165, 1.54) is 0 Å². The highest BCUT2D eigenvalue weighted by Crippen LogP contribution is 2.25. The lowest BCUT2D eigenvalue weighted by Crippen LogP contribution is -2.27. The average molecular weight is 307 g/mol. The lowest BCUT2D eigenvalue weighted by atomic mass is 10.00. The zero-order valence-electron chi connectivity index (χ0n) is 13.2. The van der Waals surface area contributed by atoms with E-state index < -0.39 is 15.1 Å². The maximum absolute atomic E-state index is 12.6. The van der Waals surface area contributed by atoms with Crippen molar-refractivity contribution in [3.8, 4) is 6.07 Å². The Bertz CT molecular complexity index is 570. The van der Waals surface area contributed by atoms with Crippen LogP contribution < -0.4 is 0 Å². The highest BCUT2D eigenvalue weighted by Gasteiger charge is 2.32. The van der Waals surface area contributed by atoms with Crippen LogP contribution in [0.25, 0.3) is 0 Å². The summed E-state index contributed by atoms with van der Waals surface area (Å²) in [6.07, 6.45) is 5.18. The Morgan fingerprint density at radius 1 is 1.14 bits per heavy atom. The van der Waals surface area contributed by atoms with E-state index >= 15 is 0 Å². The van der Waals surface area contributed by atoms with Gasteiger partial charge < -0.3 is 0 Å². The summed E-state index contributed by atoms with van der Waals surface area (Å²) in [7, 11) is -3.57. The van der Waals surface area contributed by atoms with Crippen LogP contribution in [0.15, 0.2) is 29.2 Å². The molecule has 1 unspecified atom stereocenters. The van der Waals surface area contributed by atoms with E-state index in [2.05, 4.69) is 6.92 Å². The second-order valence-electron chi connectivity index (χ2n) is 5.73. The summed E-state index contributed by atoms with van der Waals surface area (Å²) in [5.74, 6) is -0.141. The predicted molar refractivity (Wildman–Crippen MR) is 85.7 cm³/mol. The van der Waals surface area contributed by atoms with E-state index in [0.29, 0.717) is 0 Å². The van der Waals surface area contributed by atoms with Gasteiger partial charge in [-0.05, 0) is 31.4 Å². The Balaban J connectivity index is 2.83. The molecule has 1 aromatic rings. The normalized spacial score (nSPS) is 14.4. The van der Waals surface area contributed by atoms with Crippen molar-refractivity contribution in [1.82, 2.24) is 0 Å². The average Bonchev–Trinajstić information content (AvgIpc) is 2.44. The highest BCUT2D eigenvalue weighted by molar-refractivity contribution is 7.92. The summed E-state index contributed by atoms with van der Waals surface area (Å²) < 4.78 is 25.2. The largest absolute Gasteiger partial charge is 0.222 e. The fraction of sp³-hybridized carbons (Fsp3) is 0.588. The van der Waals surface area contributed by atoms with Gasteiger partial charge in [-0.2, -0.15) is 5.26 Å². The predicted octanol–water partition coefficient (Wildman–Crippen LogP) is 4.27. The van der Waals surface area contributed by atoms with Crippen LogP contribution in [0, 0.1) is 24.2 Å². The third-order valence-corrected chi connectivity index (χ3v) is 6.01. The first-order valence-electron chi connectivity index (χ1n) is 7.63. The van der Waals surface area contributed by atoms with Crippen LogP contribution >= 0.6 is 0 Å². The maximum atomic E-state index is 12.6. The first kappa shape index (κ1) is 17.7. The molecule has 1 rings (SSSR count). The molecule has 0 saturated carbocycles. The Hall–Kier alpha value is -1.34. The summed E-state index contributed by atoms with van der Waals surface area (Å²) in [6.45, 7) is 5.92. The van der Waals surface area contributed by atoms with E-state index in [9.17, 15) is 13.7 Å². The first-order valence-corrected chi connectivity index (χ1v) is 9.18. The summed E-state index contributed by atoms with van der Waals surface area (Å²) in [5.41, 5.74) is 1.01. The van der Waals surface area contributed by atoms with Gasteiger partial charge in [-0.3, -0.25) is 0 Å². The molecule has 0 spiro atoms. The Kier molecular flexibility index (Phi) is 6.91. The van der Waals surface area contributed by atoms with Crippen molar-refractivity contribution < 1.29 is 8.42 Å². The minimum atomic E-state index is -3.57. The van der Waals surface area contributed by atoms with Gasteiger partial charge in [0, 0.05) is 0 Å². The minimum absolute atomic E-state index is 0.141. The van der Waals surface area contributed by atoms with Crippen molar-refractivity contribution in [3.63, 3.8) is 0 Å². The molecule has 0 fully saturated rings. The SMILES string of the molecule is CCCCCC[C@@H](C)C(C#N)S(=O)(=O)c1ccc(C)cc1. The molecular weight excluding hydrogens is 282 g/mol. The third-order valence-electron chi connectivity index (χ3n) is 3.84. The number of unbranched alkanes of at least 4 members (excludes halogenated alkanes) is 3. The van der Waals surface area contributed by atoms with Gasteiger partial charge in [0.2, 0.25) is 0 Å². The van der Waals surface area contributed by atoms with Crippen molar-refractivity contribution in [1.29, 1.82) is 5.26 Å². The number of benzene rings is 1. The molecule has 0 aliphatic carbocycles. The molecule has 0 heterocycles. The van der Waals surface area contributed by atoms with E-state index in [-0.39, 0.29) is 10.8 Å². The quantitative estimate of drug-likeness (QED) is 0.674. The second-order valence-corrected chi connectivity index (χ2v) is 7.80. The molecule has 0 aliphatic rings. The molecule has 0 aliphatic heterocycles. The van der Waals surface area contributed by atoms with Gasteiger partial charge in [-0.15, -0.1) is 0 Å². The van der Waals surface area contributed by atoms with Gasteiger partial charge in [0.15, 0.2) is 15.1 Å². The number of nitriles is 1. The van der Waals surface area contributed by atoms with Crippen LogP contribution in [0.2, 0.25) is 0 Å². The molecular formula is C17H25NO2S. The Morgan fingerprint density at radius 3 is 2.29 bits per heavy atom. The van der Waals surface area contributed by atoms with Crippen LogP contribution in [0.5, 0.6) is 0 Å².